The lowest BCUT2D eigenvalue weighted by atomic mass is 9.68. The van der Waals surface area contributed by atoms with Crippen molar-refractivity contribution in [3.05, 3.63) is 70.3 Å². The number of amides is 1. The van der Waals surface area contributed by atoms with Gasteiger partial charge in [0, 0.05) is 54.5 Å². The highest BCUT2D eigenvalue weighted by atomic mass is 35.5. The van der Waals surface area contributed by atoms with Gasteiger partial charge in [-0.3, -0.25) is 9.59 Å². The molecule has 2 fully saturated rings. The molecule has 2 aliphatic carbocycles. The molecule has 0 aromatic heterocycles. The smallest absolute Gasteiger partial charge is 0.304 e. The number of nitrogens with one attached hydrogen (secondary N) is 1. The van der Waals surface area contributed by atoms with E-state index in [1.54, 1.807) is 18.2 Å². The molecule has 0 unspecified atom stereocenters. The number of carbonyl (C=O) groups excluding carboxylic acids is 2. The first kappa shape index (κ1) is 30.6. The van der Waals surface area contributed by atoms with E-state index in [-0.39, 0.29) is 40.9 Å². The second-order valence-corrected chi connectivity index (χ2v) is 15.4. The molecule has 5 atom stereocenters. The summed E-state index contributed by atoms with van der Waals surface area (Å²) in [6.07, 6.45) is 10.3. The first-order chi connectivity index (χ1) is 21.6. The number of fused-ring (bicyclic) bond motifs is 5. The molecule has 240 valence electrons. The summed E-state index contributed by atoms with van der Waals surface area (Å²) in [4.78, 5) is 28.0. The quantitative estimate of drug-likeness (QED) is 0.335. The number of ether oxygens (including phenoxy) is 2. The number of halogens is 1. The van der Waals surface area contributed by atoms with Gasteiger partial charge < -0.3 is 14.4 Å². The molecule has 1 saturated heterocycles. The van der Waals surface area contributed by atoms with Crippen molar-refractivity contribution in [1.82, 2.24) is 9.03 Å². The molecule has 45 heavy (non-hydrogen) atoms. The van der Waals surface area contributed by atoms with E-state index >= 15 is 0 Å². The maximum absolute atomic E-state index is 13.5. The van der Waals surface area contributed by atoms with Gasteiger partial charge in [0.2, 0.25) is 0 Å². The molecule has 11 heteroatoms. The molecular formula is C34H40ClN3O6S. The normalized spacial score (nSPS) is 31.7. The van der Waals surface area contributed by atoms with Crippen LogP contribution in [0.1, 0.15) is 73.4 Å². The van der Waals surface area contributed by atoms with Crippen LogP contribution in [0.5, 0.6) is 5.75 Å². The van der Waals surface area contributed by atoms with E-state index in [4.69, 9.17) is 21.1 Å². The van der Waals surface area contributed by atoms with Crippen molar-refractivity contribution < 1.29 is 27.5 Å². The summed E-state index contributed by atoms with van der Waals surface area (Å²) >= 11 is 6.41. The van der Waals surface area contributed by atoms with Crippen LogP contribution in [-0.2, 0) is 31.6 Å². The lowest BCUT2D eigenvalue weighted by molar-refractivity contribution is -0.149. The first-order valence-corrected chi connectivity index (χ1v) is 17.9. The molecule has 1 spiro atoms. The monoisotopic (exact) mass is 653 g/mol. The summed E-state index contributed by atoms with van der Waals surface area (Å²) in [6.45, 7) is 3.63. The largest absolute Gasteiger partial charge is 0.490 e. The van der Waals surface area contributed by atoms with Crippen molar-refractivity contribution in [3.63, 3.8) is 0 Å². The van der Waals surface area contributed by atoms with Gasteiger partial charge in [0.1, 0.15) is 11.9 Å². The molecular weight excluding hydrogens is 614 g/mol. The number of rotatable bonds is 1. The van der Waals surface area contributed by atoms with Crippen molar-refractivity contribution in [2.24, 2.45) is 11.8 Å². The Bertz CT molecular complexity index is 1650. The molecule has 1 amide bonds. The minimum absolute atomic E-state index is 0.133. The number of nitrogens with zero attached hydrogens (tertiary/aromatic N) is 2. The molecule has 2 aromatic carbocycles. The van der Waals surface area contributed by atoms with Crippen molar-refractivity contribution >= 4 is 39.4 Å². The summed E-state index contributed by atoms with van der Waals surface area (Å²) in [6, 6.07) is 11.1. The topological polar surface area (TPSA) is 105 Å². The fourth-order valence-corrected chi connectivity index (χ4v) is 9.84. The van der Waals surface area contributed by atoms with E-state index in [2.05, 4.69) is 21.8 Å². The van der Waals surface area contributed by atoms with Gasteiger partial charge >= 0.3 is 16.2 Å². The van der Waals surface area contributed by atoms with E-state index in [1.165, 1.54) is 22.4 Å². The Morgan fingerprint density at radius 1 is 1.13 bits per heavy atom. The Morgan fingerprint density at radius 3 is 2.80 bits per heavy atom. The summed E-state index contributed by atoms with van der Waals surface area (Å²) in [5.74, 6) is 0.0737. The van der Waals surface area contributed by atoms with E-state index in [9.17, 15) is 18.0 Å². The van der Waals surface area contributed by atoms with Crippen molar-refractivity contribution in [2.45, 2.75) is 75.9 Å². The van der Waals surface area contributed by atoms with E-state index in [0.717, 1.165) is 42.8 Å². The second kappa shape index (κ2) is 11.9. The number of hydrogen-bond donors (Lipinski definition) is 1. The van der Waals surface area contributed by atoms with E-state index in [1.807, 2.05) is 18.2 Å². The molecule has 2 bridgehead atoms. The average molecular weight is 654 g/mol. The third kappa shape index (κ3) is 5.85. The molecule has 3 heterocycles. The van der Waals surface area contributed by atoms with Crippen molar-refractivity contribution in [1.29, 1.82) is 0 Å². The predicted octanol–water partition coefficient (Wildman–Crippen LogP) is 5.17. The molecule has 7 rings (SSSR count). The predicted molar refractivity (Wildman–Crippen MR) is 172 cm³/mol. The highest BCUT2D eigenvalue weighted by molar-refractivity contribution is 7.87. The van der Waals surface area contributed by atoms with Gasteiger partial charge in [0.25, 0.3) is 5.91 Å². The molecule has 2 aromatic rings. The van der Waals surface area contributed by atoms with E-state index in [0.29, 0.717) is 51.3 Å². The Labute approximate surface area is 270 Å². The lowest BCUT2D eigenvalue weighted by Gasteiger charge is -2.46. The van der Waals surface area contributed by atoms with Crippen LogP contribution in [0.4, 0.5) is 5.69 Å². The SMILES string of the molecule is CC(=O)O[C@H]1/C=C/C[C@H]2CCCN2S(=O)(=O)NC(=O)c2ccc3c(c2)N(C[C@@H]2CC[C@H]21)C[C@@]1(CCCc2cc(Cl)ccc21)CO3. The standard InChI is InChI=1S/C34H40ClN3O6S/c1-22(39)44-31-8-2-6-27-7-4-16-38(27)45(41,42)36-33(40)24-10-14-32-30(18-24)37(19-25-9-12-28(25)31)20-34(21-43-32)15-3-5-23-17-26(35)11-13-29(23)34/h2,8,10-11,13-14,17-18,25,27-28,31H,3-7,9,12,15-16,19-21H2,1H3,(H,36,40)/b8-2+/t25-,27-,28+,31-,34-/m0/s1. The minimum atomic E-state index is -4.07. The van der Waals surface area contributed by atoms with E-state index < -0.39 is 16.1 Å². The number of benzene rings is 2. The zero-order valence-electron chi connectivity index (χ0n) is 25.5. The Kier molecular flexibility index (Phi) is 8.11. The minimum Gasteiger partial charge on any atom is -0.490 e. The number of hydrogen-bond acceptors (Lipinski definition) is 7. The van der Waals surface area contributed by atoms with Crippen LogP contribution < -0.4 is 14.4 Å². The Balaban J connectivity index is 1.31. The van der Waals surface area contributed by atoms with Crippen LogP contribution in [0.3, 0.4) is 0 Å². The number of esters is 1. The van der Waals surface area contributed by atoms with Crippen LogP contribution in [0, 0.1) is 11.8 Å². The summed E-state index contributed by atoms with van der Waals surface area (Å²) < 4.78 is 43.1. The number of anilines is 1. The van der Waals surface area contributed by atoms with Crippen molar-refractivity contribution in [2.75, 3.05) is 31.1 Å². The average Bonchev–Trinajstić information content (AvgIpc) is 3.40. The third-order valence-corrected chi connectivity index (χ3v) is 12.3. The summed E-state index contributed by atoms with van der Waals surface area (Å²) in [5.41, 5.74) is 3.24. The van der Waals surface area contributed by atoms with Gasteiger partial charge in [-0.15, -0.1) is 0 Å². The molecule has 9 nitrogen and oxygen atoms in total. The molecule has 0 radical (unpaired) electrons. The van der Waals surface area contributed by atoms with Crippen LogP contribution in [-0.4, -0.2) is 63.0 Å². The van der Waals surface area contributed by atoms with Crippen molar-refractivity contribution in [3.8, 4) is 5.75 Å². The molecule has 1 N–H and O–H groups in total. The number of carbonyl (C=O) groups is 2. The summed E-state index contributed by atoms with van der Waals surface area (Å²) in [5, 5.41) is 0.723. The van der Waals surface area contributed by atoms with Gasteiger partial charge in [-0.05, 0) is 105 Å². The van der Waals surface area contributed by atoms with Gasteiger partial charge in [-0.1, -0.05) is 23.7 Å². The van der Waals surface area contributed by atoms with Gasteiger partial charge in [-0.25, -0.2) is 4.72 Å². The lowest BCUT2D eigenvalue weighted by Crippen LogP contribution is -2.50. The molecule has 3 aliphatic heterocycles. The zero-order valence-corrected chi connectivity index (χ0v) is 27.1. The van der Waals surface area contributed by atoms with Gasteiger partial charge in [0.05, 0.1) is 12.3 Å². The zero-order chi connectivity index (χ0) is 31.3. The summed E-state index contributed by atoms with van der Waals surface area (Å²) in [7, 11) is -4.07. The highest BCUT2D eigenvalue weighted by Crippen LogP contribution is 2.47. The van der Waals surface area contributed by atoms with Crippen LogP contribution in [0.15, 0.2) is 48.6 Å². The van der Waals surface area contributed by atoms with Crippen LogP contribution in [0.25, 0.3) is 0 Å². The second-order valence-electron chi connectivity index (χ2n) is 13.4. The Hall–Kier alpha value is -3.08. The molecule has 5 aliphatic rings. The fraction of sp³-hybridized carbons (Fsp3) is 0.529. The number of aryl methyl sites for hydroxylation is 1. The molecule has 1 saturated carbocycles. The first-order valence-electron chi connectivity index (χ1n) is 16.1. The van der Waals surface area contributed by atoms with Gasteiger partial charge in [0.15, 0.2) is 0 Å². The van der Waals surface area contributed by atoms with Crippen LogP contribution in [0.2, 0.25) is 5.02 Å². The van der Waals surface area contributed by atoms with Crippen LogP contribution >= 0.6 is 11.6 Å². The maximum Gasteiger partial charge on any atom is 0.304 e. The highest BCUT2D eigenvalue weighted by Gasteiger charge is 2.45. The third-order valence-electron chi connectivity index (χ3n) is 10.5. The maximum atomic E-state index is 13.5. The fourth-order valence-electron chi connectivity index (χ4n) is 8.22. The Morgan fingerprint density at radius 2 is 2.00 bits per heavy atom. The van der Waals surface area contributed by atoms with Gasteiger partial charge in [-0.2, -0.15) is 12.7 Å².